The van der Waals surface area contributed by atoms with Crippen LogP contribution in [0.4, 0.5) is 0 Å². The minimum atomic E-state index is -3.86. The maximum atomic E-state index is 12.4. The van der Waals surface area contributed by atoms with Crippen LogP contribution in [0.3, 0.4) is 0 Å². The van der Waals surface area contributed by atoms with E-state index in [2.05, 4.69) is 4.98 Å². The van der Waals surface area contributed by atoms with Crippen molar-refractivity contribution in [3.63, 3.8) is 0 Å². The summed E-state index contributed by atoms with van der Waals surface area (Å²) in [6.07, 6.45) is 1.47. The Morgan fingerprint density at radius 1 is 1.24 bits per heavy atom. The van der Waals surface area contributed by atoms with Crippen molar-refractivity contribution in [1.29, 1.82) is 0 Å². The normalized spacial score (nSPS) is 11.3. The van der Waals surface area contributed by atoms with Crippen molar-refractivity contribution in [2.45, 2.75) is 10.6 Å². The fourth-order valence-corrected chi connectivity index (χ4v) is 3.93. The molecule has 0 aliphatic heterocycles. The van der Waals surface area contributed by atoms with E-state index >= 15 is 0 Å². The third kappa shape index (κ3) is 3.53. The zero-order valence-corrected chi connectivity index (χ0v) is 12.8. The molecule has 1 heterocycles. The molecule has 1 aromatic carbocycles. The molecule has 0 radical (unpaired) electrons. The first-order chi connectivity index (χ1) is 9.81. The molecule has 0 fully saturated rings. The average molecular weight is 346 g/mol. The number of halogens is 2. The Bertz CT molecular complexity index is 791. The number of rotatable bonds is 4. The highest BCUT2D eigenvalue weighted by Crippen LogP contribution is 2.31. The van der Waals surface area contributed by atoms with E-state index in [1.807, 2.05) is 0 Å². The van der Waals surface area contributed by atoms with Crippen molar-refractivity contribution in [2.24, 2.45) is 0 Å². The molecule has 0 aliphatic rings. The maximum Gasteiger partial charge on any atom is 0.337 e. The summed E-state index contributed by atoms with van der Waals surface area (Å²) in [5.74, 6) is -1.75. The maximum absolute atomic E-state index is 12.4. The molecular formula is C13H9Cl2NO4S. The molecule has 2 rings (SSSR count). The number of benzene rings is 1. The van der Waals surface area contributed by atoms with E-state index in [-0.39, 0.29) is 20.5 Å². The van der Waals surface area contributed by atoms with Crippen LogP contribution in [-0.2, 0) is 15.6 Å². The van der Waals surface area contributed by atoms with E-state index in [4.69, 9.17) is 28.3 Å². The van der Waals surface area contributed by atoms with Crippen molar-refractivity contribution in [3.05, 3.63) is 57.8 Å². The van der Waals surface area contributed by atoms with Gasteiger partial charge in [0.2, 0.25) is 0 Å². The Kier molecular flexibility index (Phi) is 4.51. The second kappa shape index (κ2) is 6.01. The summed E-state index contributed by atoms with van der Waals surface area (Å²) in [4.78, 5) is 14.7. The highest BCUT2D eigenvalue weighted by molar-refractivity contribution is 7.90. The van der Waals surface area contributed by atoms with Crippen LogP contribution >= 0.6 is 23.2 Å². The third-order valence-electron chi connectivity index (χ3n) is 2.63. The van der Waals surface area contributed by atoms with E-state index in [0.29, 0.717) is 5.69 Å². The first-order valence-electron chi connectivity index (χ1n) is 5.66. The van der Waals surface area contributed by atoms with Crippen LogP contribution in [0.1, 0.15) is 16.1 Å². The van der Waals surface area contributed by atoms with Gasteiger partial charge < -0.3 is 5.11 Å². The number of sulfone groups is 1. The molecule has 0 bridgehead atoms. The van der Waals surface area contributed by atoms with Gasteiger partial charge >= 0.3 is 5.97 Å². The molecular weight excluding hydrogens is 337 g/mol. The lowest BCUT2D eigenvalue weighted by Gasteiger charge is -2.09. The number of hydrogen-bond donors (Lipinski definition) is 1. The summed E-state index contributed by atoms with van der Waals surface area (Å²) < 4.78 is 24.7. The van der Waals surface area contributed by atoms with Crippen LogP contribution in [0.5, 0.6) is 0 Å². The lowest BCUT2D eigenvalue weighted by Crippen LogP contribution is -2.09. The topological polar surface area (TPSA) is 84.3 Å². The SMILES string of the molecule is O=C(O)c1cc(Cl)cc(S(=O)(=O)Cc2ccccn2)c1Cl. The van der Waals surface area contributed by atoms with Gasteiger partial charge in [0.15, 0.2) is 9.84 Å². The number of nitrogens with zero attached hydrogens (tertiary/aromatic N) is 1. The van der Waals surface area contributed by atoms with E-state index < -0.39 is 21.6 Å². The molecule has 8 heteroatoms. The quantitative estimate of drug-likeness (QED) is 0.920. The molecule has 1 N–H and O–H groups in total. The molecule has 0 atom stereocenters. The van der Waals surface area contributed by atoms with E-state index in [0.717, 1.165) is 12.1 Å². The van der Waals surface area contributed by atoms with Crippen molar-refractivity contribution < 1.29 is 18.3 Å². The number of hydrogen-bond acceptors (Lipinski definition) is 4. The number of carboxylic acid groups (broad SMARTS) is 1. The number of aromatic carboxylic acids is 1. The summed E-state index contributed by atoms with van der Waals surface area (Å²) in [5, 5.41) is 8.64. The third-order valence-corrected chi connectivity index (χ3v) is 5.04. The zero-order valence-electron chi connectivity index (χ0n) is 10.5. The molecule has 2 aromatic rings. The Labute approximate surface area is 131 Å². The van der Waals surface area contributed by atoms with E-state index in [1.54, 1.807) is 18.2 Å². The number of carbonyl (C=O) groups is 1. The molecule has 0 spiro atoms. The highest BCUT2D eigenvalue weighted by Gasteiger charge is 2.24. The lowest BCUT2D eigenvalue weighted by molar-refractivity contribution is 0.0697. The second-order valence-corrected chi connectivity index (χ2v) is 6.92. The molecule has 0 saturated heterocycles. The first-order valence-corrected chi connectivity index (χ1v) is 8.07. The number of aromatic nitrogens is 1. The predicted octanol–water partition coefficient (Wildman–Crippen LogP) is 3.06. The Morgan fingerprint density at radius 3 is 2.52 bits per heavy atom. The van der Waals surface area contributed by atoms with Crippen molar-refractivity contribution in [1.82, 2.24) is 4.98 Å². The second-order valence-electron chi connectivity index (χ2n) is 4.15. The summed E-state index contributed by atoms with van der Waals surface area (Å²) >= 11 is 11.7. The van der Waals surface area contributed by atoms with Crippen LogP contribution in [-0.4, -0.2) is 24.5 Å². The van der Waals surface area contributed by atoms with Gasteiger partial charge in [0.25, 0.3) is 0 Å². The Balaban J connectivity index is 2.53. The van der Waals surface area contributed by atoms with Gasteiger partial charge in [-0.15, -0.1) is 0 Å². The number of carboxylic acids is 1. The van der Waals surface area contributed by atoms with Crippen LogP contribution in [0.25, 0.3) is 0 Å². The molecule has 1 aromatic heterocycles. The molecule has 110 valence electrons. The predicted molar refractivity (Wildman–Crippen MR) is 78.5 cm³/mol. The fourth-order valence-electron chi connectivity index (χ4n) is 1.70. The van der Waals surface area contributed by atoms with Gasteiger partial charge in [-0.1, -0.05) is 29.3 Å². The average Bonchev–Trinajstić information content (AvgIpc) is 2.41. The largest absolute Gasteiger partial charge is 0.478 e. The molecule has 5 nitrogen and oxygen atoms in total. The van der Waals surface area contributed by atoms with Crippen LogP contribution < -0.4 is 0 Å². The van der Waals surface area contributed by atoms with Crippen molar-refractivity contribution in [3.8, 4) is 0 Å². The first kappa shape index (κ1) is 15.8. The Hall–Kier alpha value is -1.63. The van der Waals surface area contributed by atoms with Crippen LogP contribution in [0, 0.1) is 0 Å². The van der Waals surface area contributed by atoms with Gasteiger partial charge in [0.1, 0.15) is 0 Å². The minimum Gasteiger partial charge on any atom is -0.478 e. The zero-order chi connectivity index (χ0) is 15.6. The van der Waals surface area contributed by atoms with E-state index in [9.17, 15) is 13.2 Å². The van der Waals surface area contributed by atoms with Gasteiger partial charge in [-0.3, -0.25) is 4.98 Å². The standard InChI is InChI=1S/C13H9Cl2NO4S/c14-8-5-10(13(17)18)12(15)11(6-8)21(19,20)7-9-3-1-2-4-16-9/h1-6H,7H2,(H,17,18). The van der Waals surface area contributed by atoms with Crippen molar-refractivity contribution in [2.75, 3.05) is 0 Å². The summed E-state index contributed by atoms with van der Waals surface area (Å²) in [6, 6.07) is 7.10. The summed E-state index contributed by atoms with van der Waals surface area (Å²) in [5.41, 5.74) is -0.0332. The van der Waals surface area contributed by atoms with Gasteiger partial charge in [-0.25, -0.2) is 13.2 Å². The van der Waals surface area contributed by atoms with Gasteiger partial charge in [0.05, 0.1) is 26.9 Å². The fraction of sp³-hybridized carbons (Fsp3) is 0.0769. The van der Waals surface area contributed by atoms with Gasteiger partial charge in [0, 0.05) is 11.2 Å². The summed E-state index contributed by atoms with van der Waals surface area (Å²) in [7, 11) is -3.86. The Morgan fingerprint density at radius 2 is 1.95 bits per heavy atom. The molecule has 21 heavy (non-hydrogen) atoms. The minimum absolute atomic E-state index is 0.0172. The molecule has 0 aliphatic carbocycles. The van der Waals surface area contributed by atoms with Crippen LogP contribution in [0.2, 0.25) is 10.0 Å². The van der Waals surface area contributed by atoms with Crippen LogP contribution in [0.15, 0.2) is 41.4 Å². The monoisotopic (exact) mass is 345 g/mol. The molecule has 0 saturated carbocycles. The smallest absolute Gasteiger partial charge is 0.337 e. The summed E-state index contributed by atoms with van der Waals surface area (Å²) in [6.45, 7) is 0. The molecule has 0 amide bonds. The lowest BCUT2D eigenvalue weighted by atomic mass is 10.2. The van der Waals surface area contributed by atoms with Gasteiger partial charge in [-0.2, -0.15) is 0 Å². The van der Waals surface area contributed by atoms with Crippen molar-refractivity contribution >= 4 is 39.0 Å². The highest BCUT2D eigenvalue weighted by atomic mass is 35.5. The van der Waals surface area contributed by atoms with E-state index in [1.165, 1.54) is 6.20 Å². The number of pyridine rings is 1. The van der Waals surface area contributed by atoms with Gasteiger partial charge in [-0.05, 0) is 24.3 Å². The molecule has 0 unspecified atom stereocenters.